The van der Waals surface area contributed by atoms with Crippen LogP contribution in [0.2, 0.25) is 0 Å². The molecule has 2 N–H and O–H groups in total. The highest BCUT2D eigenvalue weighted by atomic mass is 16.7. The molecule has 0 bridgehead atoms. The van der Waals surface area contributed by atoms with Crippen molar-refractivity contribution in [2.24, 2.45) is 0 Å². The number of nitrogen functional groups attached to an aromatic ring is 1. The van der Waals surface area contributed by atoms with Crippen molar-refractivity contribution in [1.82, 2.24) is 9.55 Å². The molecule has 43 heavy (non-hydrogen) atoms. The van der Waals surface area contributed by atoms with Gasteiger partial charge in [-0.1, -0.05) is 54.6 Å². The second-order valence-electron chi connectivity index (χ2n) is 9.39. The molecule has 5 rings (SSSR count). The van der Waals surface area contributed by atoms with Crippen molar-refractivity contribution in [3.05, 3.63) is 124 Å². The van der Waals surface area contributed by atoms with E-state index >= 15 is 0 Å². The normalized spacial score (nSPS) is 19.3. The molecule has 1 aliphatic rings. The van der Waals surface area contributed by atoms with Crippen molar-refractivity contribution in [2.45, 2.75) is 24.5 Å². The minimum absolute atomic E-state index is 0.0492. The number of methoxy groups -OCH3 is 1. The average molecular weight is 586 g/mol. The van der Waals surface area contributed by atoms with E-state index in [1.807, 2.05) is 0 Å². The lowest BCUT2D eigenvalue weighted by Crippen LogP contribution is -2.42. The number of nitrogens with zero attached hydrogens (tertiary/aromatic N) is 2. The molecule has 4 aromatic rings. The average Bonchev–Trinajstić information content (AvgIpc) is 3.36. The Morgan fingerprint density at radius 1 is 0.791 bits per heavy atom. The number of hydrogen-bond donors (Lipinski definition) is 1. The summed E-state index contributed by atoms with van der Waals surface area (Å²) in [6.07, 6.45) is -4.03. The number of carbonyl (C=O) groups is 3. The molecule has 0 amide bonds. The van der Waals surface area contributed by atoms with E-state index in [2.05, 4.69) is 4.98 Å². The standard InChI is InChI=1S/C31H27N3O9/c1-39-22-17-34(31(38)33-26(22)32)27-25(43-30(37)21-15-9-4-10-16-21)24(42-29(36)20-13-7-3-8-14-20)23(41-27)18-40-28(35)19-11-5-2-6-12-19/h2-17,23-25,27H,18H2,1H3,(H2,32,33,38)/t23-,24?,25?,27-/m1/s1. The Morgan fingerprint density at radius 2 is 1.28 bits per heavy atom. The maximum absolute atomic E-state index is 13.2. The number of anilines is 1. The number of benzene rings is 3. The van der Waals surface area contributed by atoms with E-state index in [0.29, 0.717) is 0 Å². The number of ether oxygens (including phenoxy) is 5. The predicted octanol–water partition coefficient (Wildman–Crippen LogP) is 3.04. The van der Waals surface area contributed by atoms with Crippen LogP contribution in [0.25, 0.3) is 0 Å². The van der Waals surface area contributed by atoms with Gasteiger partial charge in [-0.2, -0.15) is 4.98 Å². The molecule has 0 radical (unpaired) electrons. The Bertz CT molecular complexity index is 1650. The van der Waals surface area contributed by atoms with Gasteiger partial charge < -0.3 is 29.4 Å². The second-order valence-corrected chi connectivity index (χ2v) is 9.39. The largest absolute Gasteiger partial charge is 0.491 e. The van der Waals surface area contributed by atoms with Crippen LogP contribution in [0.3, 0.4) is 0 Å². The first-order chi connectivity index (χ1) is 20.9. The van der Waals surface area contributed by atoms with Crippen molar-refractivity contribution in [3.63, 3.8) is 0 Å². The van der Waals surface area contributed by atoms with E-state index in [9.17, 15) is 19.2 Å². The monoisotopic (exact) mass is 585 g/mol. The van der Waals surface area contributed by atoms with Crippen molar-refractivity contribution in [3.8, 4) is 5.75 Å². The molecule has 220 valence electrons. The zero-order valence-corrected chi connectivity index (χ0v) is 22.9. The van der Waals surface area contributed by atoms with Gasteiger partial charge in [-0.15, -0.1) is 0 Å². The van der Waals surface area contributed by atoms with Crippen LogP contribution in [0, 0.1) is 0 Å². The second kappa shape index (κ2) is 13.0. The van der Waals surface area contributed by atoms with Gasteiger partial charge in [0.15, 0.2) is 30.0 Å². The van der Waals surface area contributed by atoms with E-state index in [0.717, 1.165) is 4.57 Å². The third kappa shape index (κ3) is 6.54. The Labute approximate surface area is 245 Å². The zero-order valence-electron chi connectivity index (χ0n) is 22.9. The summed E-state index contributed by atoms with van der Waals surface area (Å²) in [6, 6.07) is 24.5. The van der Waals surface area contributed by atoms with Gasteiger partial charge in [0.2, 0.25) is 0 Å². The molecule has 12 heteroatoms. The third-order valence-electron chi connectivity index (χ3n) is 6.62. The fourth-order valence-corrected chi connectivity index (χ4v) is 4.48. The smallest absolute Gasteiger partial charge is 0.352 e. The fraction of sp³-hybridized carbons (Fsp3) is 0.194. The fourth-order valence-electron chi connectivity index (χ4n) is 4.48. The van der Waals surface area contributed by atoms with E-state index in [1.165, 1.54) is 25.4 Å². The highest BCUT2D eigenvalue weighted by molar-refractivity contribution is 5.91. The van der Waals surface area contributed by atoms with Gasteiger partial charge >= 0.3 is 23.6 Å². The number of rotatable bonds is 9. The third-order valence-corrected chi connectivity index (χ3v) is 6.62. The molecule has 0 saturated carbocycles. The van der Waals surface area contributed by atoms with E-state index in [-0.39, 0.29) is 28.3 Å². The van der Waals surface area contributed by atoms with E-state index in [4.69, 9.17) is 29.4 Å². The SMILES string of the molecule is COc1cn([C@@H]2O[C@H](COC(=O)c3ccccc3)C(OC(=O)c3ccccc3)C2OC(=O)c2ccccc2)c(=O)nc1N. The summed E-state index contributed by atoms with van der Waals surface area (Å²) < 4.78 is 29.6. The molecule has 12 nitrogen and oxygen atoms in total. The lowest BCUT2D eigenvalue weighted by atomic mass is 10.1. The molecular weight excluding hydrogens is 558 g/mol. The van der Waals surface area contributed by atoms with Gasteiger partial charge in [-0.05, 0) is 36.4 Å². The molecule has 0 aliphatic carbocycles. The van der Waals surface area contributed by atoms with Crippen molar-refractivity contribution < 1.29 is 38.1 Å². The zero-order chi connectivity index (χ0) is 30.3. The first-order valence-corrected chi connectivity index (χ1v) is 13.2. The van der Waals surface area contributed by atoms with Crippen molar-refractivity contribution in [1.29, 1.82) is 0 Å². The number of hydrogen-bond acceptors (Lipinski definition) is 11. The summed E-state index contributed by atoms with van der Waals surface area (Å²) >= 11 is 0. The first kappa shape index (κ1) is 29.0. The van der Waals surface area contributed by atoms with Crippen LogP contribution >= 0.6 is 0 Å². The Morgan fingerprint density at radius 3 is 1.79 bits per heavy atom. The Balaban J connectivity index is 1.53. The highest BCUT2D eigenvalue weighted by Crippen LogP contribution is 2.35. The van der Waals surface area contributed by atoms with Gasteiger partial charge in [-0.25, -0.2) is 19.2 Å². The van der Waals surface area contributed by atoms with Crippen LogP contribution in [-0.4, -0.2) is 59.5 Å². The molecule has 4 atom stereocenters. The Kier molecular flexibility index (Phi) is 8.77. The summed E-state index contributed by atoms with van der Waals surface area (Å²) in [5, 5.41) is 0. The molecular formula is C31H27N3O9. The van der Waals surface area contributed by atoms with Crippen LogP contribution in [0.5, 0.6) is 5.75 Å². The molecule has 0 spiro atoms. The van der Waals surface area contributed by atoms with Crippen molar-refractivity contribution in [2.75, 3.05) is 19.5 Å². The minimum atomic E-state index is -1.39. The van der Waals surface area contributed by atoms with Crippen LogP contribution < -0.4 is 16.2 Å². The minimum Gasteiger partial charge on any atom is -0.491 e. The molecule has 1 fully saturated rings. The quantitative estimate of drug-likeness (QED) is 0.227. The lowest BCUT2D eigenvalue weighted by molar-refractivity contribution is -0.0641. The summed E-state index contributed by atoms with van der Waals surface area (Å²) in [6.45, 7) is -0.412. The van der Waals surface area contributed by atoms with Crippen molar-refractivity contribution >= 4 is 23.7 Å². The van der Waals surface area contributed by atoms with Gasteiger partial charge in [0, 0.05) is 0 Å². The van der Waals surface area contributed by atoms with Gasteiger partial charge in [0.25, 0.3) is 0 Å². The summed E-state index contributed by atoms with van der Waals surface area (Å²) in [5.74, 6) is -2.31. The highest BCUT2D eigenvalue weighted by Gasteiger charge is 2.52. The van der Waals surface area contributed by atoms with E-state index in [1.54, 1.807) is 78.9 Å². The maximum atomic E-state index is 13.2. The number of aromatic nitrogens is 2. The van der Waals surface area contributed by atoms with Gasteiger partial charge in [-0.3, -0.25) is 4.57 Å². The van der Waals surface area contributed by atoms with E-state index < -0.39 is 54.7 Å². The maximum Gasteiger partial charge on any atom is 0.352 e. The summed E-state index contributed by atoms with van der Waals surface area (Å²) in [5.41, 5.74) is 5.66. The van der Waals surface area contributed by atoms with Crippen LogP contribution in [0.1, 0.15) is 37.3 Å². The van der Waals surface area contributed by atoms with Gasteiger partial charge in [0.1, 0.15) is 12.7 Å². The molecule has 1 aliphatic heterocycles. The Hall–Kier alpha value is -5.49. The molecule has 1 aromatic heterocycles. The molecule has 3 aromatic carbocycles. The van der Waals surface area contributed by atoms with Gasteiger partial charge in [0.05, 0.1) is 30.0 Å². The number of nitrogens with two attached hydrogens (primary N) is 1. The number of esters is 3. The van der Waals surface area contributed by atoms with Crippen LogP contribution in [-0.2, 0) is 18.9 Å². The van der Waals surface area contributed by atoms with Crippen LogP contribution in [0.15, 0.2) is 102 Å². The summed E-state index contributed by atoms with van der Waals surface area (Å²) in [4.78, 5) is 56.0. The number of carbonyl (C=O) groups excluding carboxylic acids is 3. The molecule has 1 saturated heterocycles. The molecule has 2 unspecified atom stereocenters. The summed E-state index contributed by atoms with van der Waals surface area (Å²) in [7, 11) is 1.33. The lowest BCUT2D eigenvalue weighted by Gasteiger charge is -2.25. The topological polar surface area (TPSA) is 158 Å². The molecule has 2 heterocycles. The first-order valence-electron chi connectivity index (χ1n) is 13.2. The predicted molar refractivity (Wildman–Crippen MR) is 151 cm³/mol. The van der Waals surface area contributed by atoms with Crippen LogP contribution in [0.4, 0.5) is 5.82 Å².